The summed E-state index contributed by atoms with van der Waals surface area (Å²) in [5, 5.41) is 0. The minimum absolute atomic E-state index is 0.0504. The maximum atomic E-state index is 12.8. The molecule has 0 bridgehead atoms. The molecule has 512 valence electrons. The van der Waals surface area contributed by atoms with Gasteiger partial charge in [-0.2, -0.15) is 0 Å². The zero-order chi connectivity index (χ0) is 63.7. The first-order valence-corrected chi connectivity index (χ1v) is 39.1. The molecular weight excluding hydrogens is 1110 g/mol. The number of carbonyl (C=O) groups excluding carboxylic acids is 2. The maximum Gasteiger partial charge on any atom is 0.472 e. The van der Waals surface area contributed by atoms with E-state index in [4.69, 9.17) is 24.3 Å². The van der Waals surface area contributed by atoms with E-state index in [1.807, 2.05) is 0 Å². The Kier molecular flexibility index (Phi) is 70.9. The molecule has 0 rings (SSSR count). The molecule has 9 nitrogen and oxygen atoms in total. The fraction of sp³-hybridized carbons (Fsp3) is 0.795. The van der Waals surface area contributed by atoms with Gasteiger partial charge < -0.3 is 20.1 Å². The van der Waals surface area contributed by atoms with Crippen LogP contribution < -0.4 is 5.73 Å². The van der Waals surface area contributed by atoms with E-state index < -0.39 is 26.5 Å². The number of carbonyl (C=O) groups is 2. The second-order valence-electron chi connectivity index (χ2n) is 25.1. The van der Waals surface area contributed by atoms with Crippen LogP contribution in [0.2, 0.25) is 0 Å². The SMILES string of the molecule is CC/C=C\C/C=C\C/C=C\C/C=C\C/C=C\C/C=C\C/C=C\CCCCCCCCCCCC(=O)OC(COC(=O)CCCCCCCCCCCCCCCCCCCCCCCCCCCCCCCCCCCCCC)COP(=O)(O)OCCN. The van der Waals surface area contributed by atoms with E-state index in [1.54, 1.807) is 0 Å². The van der Waals surface area contributed by atoms with E-state index in [-0.39, 0.29) is 38.6 Å². The minimum atomic E-state index is -4.40. The summed E-state index contributed by atoms with van der Waals surface area (Å²) in [6.07, 6.45) is 98.5. The number of hydrogen-bond acceptors (Lipinski definition) is 8. The lowest BCUT2D eigenvalue weighted by atomic mass is 10.0. The smallest absolute Gasteiger partial charge is 0.462 e. The molecule has 0 amide bonds. The van der Waals surface area contributed by atoms with Gasteiger partial charge in [-0.25, -0.2) is 4.57 Å². The summed E-state index contributed by atoms with van der Waals surface area (Å²) in [5.41, 5.74) is 5.41. The Morgan fingerprint density at radius 1 is 0.352 bits per heavy atom. The van der Waals surface area contributed by atoms with Gasteiger partial charge in [0.1, 0.15) is 6.61 Å². The molecule has 0 aliphatic carbocycles. The molecule has 0 spiro atoms. The van der Waals surface area contributed by atoms with Crippen LogP contribution in [0.4, 0.5) is 0 Å². The normalized spacial score (nSPS) is 13.4. The molecule has 3 N–H and O–H groups in total. The molecule has 88 heavy (non-hydrogen) atoms. The maximum absolute atomic E-state index is 12.8. The van der Waals surface area contributed by atoms with Crippen LogP contribution >= 0.6 is 7.82 Å². The fourth-order valence-corrected chi connectivity index (χ4v) is 11.8. The van der Waals surface area contributed by atoms with E-state index in [1.165, 1.54) is 244 Å². The summed E-state index contributed by atoms with van der Waals surface area (Å²) in [6, 6.07) is 0. The van der Waals surface area contributed by atoms with E-state index in [2.05, 4.69) is 98.9 Å². The topological polar surface area (TPSA) is 134 Å². The van der Waals surface area contributed by atoms with Crippen LogP contribution in [0, 0.1) is 0 Å². The van der Waals surface area contributed by atoms with Crippen LogP contribution in [0.5, 0.6) is 0 Å². The van der Waals surface area contributed by atoms with Gasteiger partial charge in [-0.15, -0.1) is 0 Å². The molecule has 2 unspecified atom stereocenters. The number of hydrogen-bond donors (Lipinski definition) is 2. The van der Waals surface area contributed by atoms with Crippen molar-refractivity contribution < 1.29 is 37.6 Å². The molecular formula is C78H142NO8P. The number of rotatable bonds is 71. The average Bonchev–Trinajstić information content (AvgIpc) is 3.71. The summed E-state index contributed by atoms with van der Waals surface area (Å²) in [7, 11) is -4.40. The van der Waals surface area contributed by atoms with Crippen molar-refractivity contribution in [2.45, 2.75) is 373 Å². The highest BCUT2D eigenvalue weighted by Crippen LogP contribution is 2.43. The molecule has 2 atom stereocenters. The van der Waals surface area contributed by atoms with Crippen molar-refractivity contribution in [3.63, 3.8) is 0 Å². The van der Waals surface area contributed by atoms with Crippen LogP contribution in [0.3, 0.4) is 0 Å². The molecule has 0 aromatic rings. The van der Waals surface area contributed by atoms with Crippen molar-refractivity contribution in [1.82, 2.24) is 0 Å². The molecule has 0 aromatic carbocycles. The standard InChI is InChI=1S/C78H142NO8P/c1-3-5-7-9-11-13-15-17-19-21-23-25-27-29-31-33-35-36-37-38-39-41-42-44-46-48-50-52-54-56-58-60-62-64-66-68-70-77(80)84-74-76(75-86-88(82,83)85-73-72-79)87-78(81)71-69-67-65-63-61-59-57-55-53-51-49-47-45-43-40-34-32-30-28-26-24-22-20-18-16-14-12-10-8-6-4-2/h6,8,12,14,18,20,24,26,30,32,40,43,47,49,76H,3-5,7,9-11,13,15-17,19,21-23,25,27-29,31,33-39,41-42,44-46,48,50-75,79H2,1-2H3,(H,82,83)/b8-6-,14-12-,20-18-,26-24-,32-30-,43-40-,49-47-. The Bertz CT molecular complexity index is 1720. The molecule has 0 heterocycles. The second kappa shape index (κ2) is 73.2. The molecule has 0 fully saturated rings. The van der Waals surface area contributed by atoms with E-state index in [9.17, 15) is 19.0 Å². The van der Waals surface area contributed by atoms with Gasteiger partial charge in [0.05, 0.1) is 13.2 Å². The number of allylic oxidation sites excluding steroid dienone is 14. The van der Waals surface area contributed by atoms with Gasteiger partial charge in [0.25, 0.3) is 0 Å². The largest absolute Gasteiger partial charge is 0.472 e. The summed E-state index contributed by atoms with van der Waals surface area (Å²) in [5.74, 6) is -0.822. The van der Waals surface area contributed by atoms with E-state index >= 15 is 0 Å². The van der Waals surface area contributed by atoms with Crippen molar-refractivity contribution in [2.75, 3.05) is 26.4 Å². The van der Waals surface area contributed by atoms with Crippen molar-refractivity contribution in [1.29, 1.82) is 0 Å². The third kappa shape index (κ3) is 72.3. The number of unbranched alkanes of at least 4 members (excludes halogenated alkanes) is 44. The van der Waals surface area contributed by atoms with Crippen molar-refractivity contribution >= 4 is 19.8 Å². The van der Waals surface area contributed by atoms with Crippen molar-refractivity contribution in [3.05, 3.63) is 85.1 Å². The molecule has 0 radical (unpaired) electrons. The molecule has 0 saturated carbocycles. The molecule has 0 aliphatic heterocycles. The summed E-state index contributed by atoms with van der Waals surface area (Å²) < 4.78 is 33.2. The van der Waals surface area contributed by atoms with Crippen molar-refractivity contribution in [2.24, 2.45) is 5.73 Å². The van der Waals surface area contributed by atoms with E-state index in [0.29, 0.717) is 6.42 Å². The van der Waals surface area contributed by atoms with Gasteiger partial charge in [-0.3, -0.25) is 18.6 Å². The second-order valence-corrected chi connectivity index (χ2v) is 26.6. The zero-order valence-corrected chi connectivity index (χ0v) is 58.6. The number of nitrogens with two attached hydrogens (primary N) is 1. The molecule has 10 heteroatoms. The Morgan fingerprint density at radius 2 is 0.625 bits per heavy atom. The van der Waals surface area contributed by atoms with Gasteiger partial charge in [-0.05, 0) is 70.6 Å². The lowest BCUT2D eigenvalue weighted by Crippen LogP contribution is -2.29. The monoisotopic (exact) mass is 1250 g/mol. The van der Waals surface area contributed by atoms with Crippen LogP contribution in [0.25, 0.3) is 0 Å². The summed E-state index contributed by atoms with van der Waals surface area (Å²) in [6.45, 7) is 3.68. The fourth-order valence-electron chi connectivity index (χ4n) is 11.0. The Balaban J connectivity index is 3.83. The van der Waals surface area contributed by atoms with Crippen LogP contribution in [-0.4, -0.2) is 49.3 Å². The summed E-state index contributed by atoms with van der Waals surface area (Å²) in [4.78, 5) is 35.4. The molecule has 0 aromatic heterocycles. The first kappa shape index (κ1) is 85.2. The van der Waals surface area contributed by atoms with Crippen molar-refractivity contribution in [3.8, 4) is 0 Å². The van der Waals surface area contributed by atoms with E-state index in [0.717, 1.165) is 89.9 Å². The number of ether oxygens (including phenoxy) is 2. The third-order valence-electron chi connectivity index (χ3n) is 16.5. The summed E-state index contributed by atoms with van der Waals surface area (Å²) >= 11 is 0. The van der Waals surface area contributed by atoms with Gasteiger partial charge in [-0.1, -0.05) is 369 Å². The number of esters is 2. The highest BCUT2D eigenvalue weighted by atomic mass is 31.2. The average molecular weight is 1250 g/mol. The minimum Gasteiger partial charge on any atom is -0.462 e. The van der Waals surface area contributed by atoms with Gasteiger partial charge in [0.15, 0.2) is 6.10 Å². The number of phosphoric ester groups is 1. The molecule has 0 saturated heterocycles. The van der Waals surface area contributed by atoms with Gasteiger partial charge >= 0.3 is 19.8 Å². The Hall–Kier alpha value is -2.81. The van der Waals surface area contributed by atoms with Gasteiger partial charge in [0, 0.05) is 19.4 Å². The highest BCUT2D eigenvalue weighted by Gasteiger charge is 2.26. The lowest BCUT2D eigenvalue weighted by molar-refractivity contribution is -0.161. The van der Waals surface area contributed by atoms with Gasteiger partial charge in [0.2, 0.25) is 0 Å². The molecule has 0 aliphatic rings. The predicted molar refractivity (Wildman–Crippen MR) is 381 cm³/mol. The number of phosphoric acid groups is 1. The predicted octanol–water partition coefficient (Wildman–Crippen LogP) is 24.9. The Labute approximate surface area is 544 Å². The highest BCUT2D eigenvalue weighted by molar-refractivity contribution is 7.47. The first-order chi connectivity index (χ1) is 43.3. The van der Waals surface area contributed by atoms with Crippen LogP contribution in [0.15, 0.2) is 85.1 Å². The first-order valence-electron chi connectivity index (χ1n) is 37.6. The third-order valence-corrected chi connectivity index (χ3v) is 17.5. The Morgan fingerprint density at radius 3 is 0.932 bits per heavy atom. The zero-order valence-electron chi connectivity index (χ0n) is 57.7. The van der Waals surface area contributed by atoms with Crippen LogP contribution in [-0.2, 0) is 32.7 Å². The lowest BCUT2D eigenvalue weighted by Gasteiger charge is -2.19. The van der Waals surface area contributed by atoms with Crippen LogP contribution in [0.1, 0.15) is 367 Å². The quantitative estimate of drug-likeness (QED) is 0.0264.